The van der Waals surface area contributed by atoms with E-state index in [1.54, 1.807) is 9.80 Å². The number of urea groups is 1. The van der Waals surface area contributed by atoms with Crippen molar-refractivity contribution in [3.8, 4) is 0 Å². The molecule has 7 nitrogen and oxygen atoms in total. The number of amides is 3. The third kappa shape index (κ3) is 5.24. The fraction of sp³-hybridized carbons (Fsp3) is 0.533. The summed E-state index contributed by atoms with van der Waals surface area (Å²) in [5.74, 6) is -0.855. The minimum Gasteiger partial charge on any atom is -0.481 e. The van der Waals surface area contributed by atoms with E-state index in [-0.39, 0.29) is 18.4 Å². The maximum atomic E-state index is 12.3. The van der Waals surface area contributed by atoms with Crippen molar-refractivity contribution < 1.29 is 19.5 Å². The van der Waals surface area contributed by atoms with Gasteiger partial charge in [0.15, 0.2) is 0 Å². The molecule has 3 amide bonds. The third-order valence-electron chi connectivity index (χ3n) is 3.68. The van der Waals surface area contributed by atoms with Crippen molar-refractivity contribution in [2.24, 2.45) is 0 Å². The lowest BCUT2D eigenvalue weighted by Gasteiger charge is -2.22. The summed E-state index contributed by atoms with van der Waals surface area (Å²) < 4.78 is 0. The van der Waals surface area contributed by atoms with Crippen molar-refractivity contribution in [1.82, 2.24) is 15.1 Å². The lowest BCUT2D eigenvalue weighted by Crippen LogP contribution is -2.43. The number of thiophene rings is 1. The van der Waals surface area contributed by atoms with Gasteiger partial charge in [-0.25, -0.2) is 4.79 Å². The van der Waals surface area contributed by atoms with Crippen LogP contribution in [-0.4, -0.2) is 65.5 Å². The van der Waals surface area contributed by atoms with E-state index >= 15 is 0 Å². The van der Waals surface area contributed by atoms with E-state index in [1.807, 2.05) is 16.8 Å². The molecule has 1 aromatic heterocycles. The van der Waals surface area contributed by atoms with Crippen molar-refractivity contribution in [1.29, 1.82) is 0 Å². The second-order valence-corrected chi connectivity index (χ2v) is 6.15. The summed E-state index contributed by atoms with van der Waals surface area (Å²) in [6, 6.07) is 1.62. The lowest BCUT2D eigenvalue weighted by molar-refractivity contribution is -0.137. The number of carboxylic acids is 1. The molecule has 1 aromatic rings. The summed E-state index contributed by atoms with van der Waals surface area (Å²) in [4.78, 5) is 38.3. The van der Waals surface area contributed by atoms with Crippen LogP contribution in [0.2, 0.25) is 0 Å². The van der Waals surface area contributed by atoms with Crippen LogP contribution < -0.4 is 5.32 Å². The fourth-order valence-corrected chi connectivity index (χ4v) is 3.07. The number of aliphatic carboxylic acids is 1. The molecule has 0 bridgehead atoms. The van der Waals surface area contributed by atoms with Crippen molar-refractivity contribution in [2.75, 3.05) is 32.7 Å². The van der Waals surface area contributed by atoms with Crippen LogP contribution in [0.3, 0.4) is 0 Å². The van der Waals surface area contributed by atoms with Crippen LogP contribution >= 0.6 is 11.3 Å². The monoisotopic (exact) mass is 339 g/mol. The number of carboxylic acid groups (broad SMARTS) is 1. The second-order valence-electron chi connectivity index (χ2n) is 5.37. The topological polar surface area (TPSA) is 89.9 Å². The van der Waals surface area contributed by atoms with E-state index in [9.17, 15) is 14.4 Å². The number of carbonyl (C=O) groups is 3. The Labute approximate surface area is 138 Å². The number of hydrogen-bond donors (Lipinski definition) is 2. The highest BCUT2D eigenvalue weighted by atomic mass is 32.1. The Morgan fingerprint density at radius 1 is 1.17 bits per heavy atom. The number of rotatable bonds is 5. The van der Waals surface area contributed by atoms with E-state index in [4.69, 9.17) is 5.11 Å². The van der Waals surface area contributed by atoms with E-state index in [0.717, 1.165) is 6.42 Å². The summed E-state index contributed by atoms with van der Waals surface area (Å²) in [6.07, 6.45) is 1.19. The van der Waals surface area contributed by atoms with Crippen molar-refractivity contribution in [2.45, 2.75) is 19.3 Å². The standard InChI is InChI=1S/C15H21N3O4S/c19-13(20)3-1-5-16-15(22)18-7-2-6-17(8-9-18)14(21)12-4-10-23-11-12/h4,10-11H,1-3,5-9H2,(H,16,22)(H,19,20). The molecule has 1 saturated heterocycles. The quantitative estimate of drug-likeness (QED) is 0.795. The van der Waals surface area contributed by atoms with E-state index in [2.05, 4.69) is 5.32 Å². The van der Waals surface area contributed by atoms with Gasteiger partial charge in [-0.05, 0) is 24.3 Å². The molecule has 23 heavy (non-hydrogen) atoms. The lowest BCUT2D eigenvalue weighted by atomic mass is 10.3. The van der Waals surface area contributed by atoms with Gasteiger partial charge in [0.2, 0.25) is 0 Å². The molecule has 1 aliphatic heterocycles. The van der Waals surface area contributed by atoms with Crippen LogP contribution in [-0.2, 0) is 4.79 Å². The van der Waals surface area contributed by atoms with Gasteiger partial charge in [0.05, 0.1) is 5.56 Å². The summed E-state index contributed by atoms with van der Waals surface area (Å²) in [5, 5.41) is 15.0. The Morgan fingerprint density at radius 2 is 1.91 bits per heavy atom. The molecule has 1 fully saturated rings. The molecule has 2 heterocycles. The van der Waals surface area contributed by atoms with Crippen LogP contribution in [0.4, 0.5) is 4.79 Å². The number of carbonyl (C=O) groups excluding carboxylic acids is 2. The van der Waals surface area contributed by atoms with E-state index in [1.165, 1.54) is 11.3 Å². The molecular formula is C15H21N3O4S. The summed E-state index contributed by atoms with van der Waals surface area (Å²) >= 11 is 1.49. The fourth-order valence-electron chi connectivity index (χ4n) is 2.44. The predicted octanol–water partition coefficient (Wildman–Crippen LogP) is 1.47. The van der Waals surface area contributed by atoms with Gasteiger partial charge < -0.3 is 20.2 Å². The predicted molar refractivity (Wildman–Crippen MR) is 86.7 cm³/mol. The molecule has 0 aromatic carbocycles. The van der Waals surface area contributed by atoms with Gasteiger partial charge in [-0.15, -0.1) is 0 Å². The zero-order chi connectivity index (χ0) is 16.7. The van der Waals surface area contributed by atoms with Gasteiger partial charge >= 0.3 is 12.0 Å². The third-order valence-corrected chi connectivity index (χ3v) is 4.37. The first kappa shape index (κ1) is 17.3. The van der Waals surface area contributed by atoms with Gasteiger partial charge in [-0.1, -0.05) is 0 Å². The summed E-state index contributed by atoms with van der Waals surface area (Å²) in [7, 11) is 0. The Hall–Kier alpha value is -2.09. The Kier molecular flexibility index (Phi) is 6.40. The SMILES string of the molecule is O=C(O)CCCNC(=O)N1CCCN(C(=O)c2ccsc2)CC1. The van der Waals surface area contributed by atoms with Crippen molar-refractivity contribution >= 4 is 29.2 Å². The molecule has 0 saturated carbocycles. The normalized spacial score (nSPS) is 15.1. The van der Waals surface area contributed by atoms with Crippen LogP contribution in [0.25, 0.3) is 0 Å². The molecular weight excluding hydrogens is 318 g/mol. The largest absolute Gasteiger partial charge is 0.481 e. The molecule has 1 aliphatic rings. The Balaban J connectivity index is 1.78. The average molecular weight is 339 g/mol. The molecule has 0 radical (unpaired) electrons. The van der Waals surface area contributed by atoms with Crippen LogP contribution in [0.5, 0.6) is 0 Å². The second kappa shape index (κ2) is 8.52. The van der Waals surface area contributed by atoms with Crippen LogP contribution in [0.1, 0.15) is 29.6 Å². The first-order valence-corrected chi connectivity index (χ1v) is 8.58. The first-order valence-electron chi connectivity index (χ1n) is 7.64. The minimum atomic E-state index is -0.864. The van der Waals surface area contributed by atoms with Gasteiger partial charge in [0.25, 0.3) is 5.91 Å². The number of hydrogen-bond acceptors (Lipinski definition) is 4. The van der Waals surface area contributed by atoms with Gasteiger partial charge in [0, 0.05) is 44.5 Å². The number of nitrogens with zero attached hydrogens (tertiary/aromatic N) is 2. The molecule has 0 spiro atoms. The van der Waals surface area contributed by atoms with Crippen molar-refractivity contribution in [3.63, 3.8) is 0 Å². The molecule has 0 unspecified atom stereocenters. The highest BCUT2D eigenvalue weighted by molar-refractivity contribution is 7.08. The zero-order valence-electron chi connectivity index (χ0n) is 12.9. The Morgan fingerprint density at radius 3 is 2.61 bits per heavy atom. The molecule has 0 aliphatic carbocycles. The highest BCUT2D eigenvalue weighted by Crippen LogP contribution is 2.12. The van der Waals surface area contributed by atoms with E-state index < -0.39 is 5.97 Å². The number of nitrogens with one attached hydrogen (secondary N) is 1. The van der Waals surface area contributed by atoms with Crippen LogP contribution in [0, 0.1) is 0 Å². The first-order chi connectivity index (χ1) is 11.1. The molecule has 2 N–H and O–H groups in total. The maximum Gasteiger partial charge on any atom is 0.317 e. The summed E-state index contributed by atoms with van der Waals surface area (Å²) in [5.41, 5.74) is 0.696. The van der Waals surface area contributed by atoms with Gasteiger partial charge in [-0.2, -0.15) is 11.3 Å². The zero-order valence-corrected chi connectivity index (χ0v) is 13.7. The van der Waals surface area contributed by atoms with E-state index in [0.29, 0.717) is 44.7 Å². The smallest absolute Gasteiger partial charge is 0.317 e. The van der Waals surface area contributed by atoms with Crippen LogP contribution in [0.15, 0.2) is 16.8 Å². The molecule has 0 atom stereocenters. The molecule has 8 heteroatoms. The van der Waals surface area contributed by atoms with Crippen molar-refractivity contribution in [3.05, 3.63) is 22.4 Å². The average Bonchev–Trinajstić information content (AvgIpc) is 2.95. The summed E-state index contributed by atoms with van der Waals surface area (Å²) in [6.45, 7) is 2.58. The Bertz CT molecular complexity index is 547. The molecule has 126 valence electrons. The minimum absolute atomic E-state index is 0.00923. The van der Waals surface area contributed by atoms with Gasteiger partial charge in [0.1, 0.15) is 0 Å². The molecule has 2 rings (SSSR count). The van der Waals surface area contributed by atoms with Gasteiger partial charge in [-0.3, -0.25) is 9.59 Å². The maximum absolute atomic E-state index is 12.3. The highest BCUT2D eigenvalue weighted by Gasteiger charge is 2.22.